The molecule has 0 atom stereocenters. The number of hydrogen-bond donors (Lipinski definition) is 0. The zero-order valence-corrected chi connectivity index (χ0v) is 34.5. The third-order valence-electron chi connectivity index (χ3n) is 13.2. The van der Waals surface area contributed by atoms with Crippen LogP contribution in [0.15, 0.2) is 188 Å². The van der Waals surface area contributed by atoms with Gasteiger partial charge in [0.05, 0.1) is 22.4 Å². The Bertz CT molecular complexity index is 3780. The molecule has 3 aromatic heterocycles. The van der Waals surface area contributed by atoms with E-state index in [4.69, 9.17) is 9.97 Å². The van der Waals surface area contributed by atoms with E-state index >= 15 is 0 Å². The van der Waals surface area contributed by atoms with Crippen molar-refractivity contribution in [1.82, 2.24) is 14.5 Å². The van der Waals surface area contributed by atoms with Gasteiger partial charge in [-0.05, 0) is 85.9 Å². The molecule has 0 bridgehead atoms. The molecule has 3 nitrogen and oxygen atoms in total. The Kier molecular flexibility index (Phi) is 7.23. The quantitative estimate of drug-likeness (QED) is 0.178. The van der Waals surface area contributed by atoms with Crippen molar-refractivity contribution in [2.45, 2.75) is 19.3 Å². The van der Waals surface area contributed by atoms with E-state index in [1.807, 2.05) is 6.07 Å². The van der Waals surface area contributed by atoms with Crippen LogP contribution in [0.2, 0.25) is 0 Å². The van der Waals surface area contributed by atoms with Gasteiger partial charge in [-0.1, -0.05) is 166 Å². The number of nitrogens with zero attached hydrogens (tertiary/aromatic N) is 3. The van der Waals surface area contributed by atoms with E-state index in [-0.39, 0.29) is 5.41 Å². The van der Waals surface area contributed by atoms with Crippen molar-refractivity contribution in [3.8, 4) is 50.6 Å². The van der Waals surface area contributed by atoms with E-state index in [9.17, 15) is 0 Å². The summed E-state index contributed by atoms with van der Waals surface area (Å²) in [4.78, 5) is 11.7. The lowest BCUT2D eigenvalue weighted by molar-refractivity contribution is 0.667. The minimum atomic E-state index is -0.175. The van der Waals surface area contributed by atoms with Crippen molar-refractivity contribution < 1.29 is 0 Å². The maximum atomic E-state index is 5.49. The smallest absolute Gasteiger partial charge is 0.161 e. The van der Waals surface area contributed by atoms with Crippen LogP contribution in [0.25, 0.3) is 114 Å². The molecule has 0 amide bonds. The number of fused-ring (bicyclic) bond motifs is 12. The molecule has 0 N–H and O–H groups in total. The van der Waals surface area contributed by atoms with E-state index in [2.05, 4.69) is 200 Å². The first-order valence-electron chi connectivity index (χ1n) is 21.0. The molecule has 61 heavy (non-hydrogen) atoms. The van der Waals surface area contributed by atoms with Gasteiger partial charge in [0, 0.05) is 48.2 Å². The number of benzene rings is 9. The third kappa shape index (κ3) is 4.97. The first kappa shape index (κ1) is 34.5. The van der Waals surface area contributed by atoms with Crippen LogP contribution in [-0.2, 0) is 5.41 Å². The van der Waals surface area contributed by atoms with Gasteiger partial charge < -0.3 is 4.57 Å². The van der Waals surface area contributed by atoms with Gasteiger partial charge in [0.2, 0.25) is 0 Å². The molecule has 13 rings (SSSR count). The Morgan fingerprint density at radius 1 is 0.459 bits per heavy atom. The first-order chi connectivity index (χ1) is 30.0. The molecule has 0 radical (unpaired) electrons. The van der Waals surface area contributed by atoms with Gasteiger partial charge in [0.15, 0.2) is 5.82 Å². The summed E-state index contributed by atoms with van der Waals surface area (Å²) < 4.78 is 3.71. The molecule has 0 fully saturated rings. The highest BCUT2D eigenvalue weighted by atomic mass is 32.1. The average molecular weight is 796 g/mol. The minimum absolute atomic E-state index is 0.175. The predicted molar refractivity (Wildman–Crippen MR) is 258 cm³/mol. The van der Waals surface area contributed by atoms with Gasteiger partial charge >= 0.3 is 0 Å². The number of thiophene rings is 1. The summed E-state index contributed by atoms with van der Waals surface area (Å²) in [6.45, 7) is 4.80. The van der Waals surface area contributed by atoms with Crippen LogP contribution in [0.3, 0.4) is 0 Å². The van der Waals surface area contributed by atoms with Crippen molar-refractivity contribution in [3.63, 3.8) is 0 Å². The van der Waals surface area contributed by atoms with Gasteiger partial charge in [-0.3, -0.25) is 0 Å². The van der Waals surface area contributed by atoms with Gasteiger partial charge in [-0.25, -0.2) is 9.97 Å². The molecule has 0 unspecified atom stereocenters. The average Bonchev–Trinajstić information content (AvgIpc) is 3.92. The minimum Gasteiger partial charge on any atom is -0.309 e. The summed E-state index contributed by atoms with van der Waals surface area (Å²) in [7, 11) is 0. The van der Waals surface area contributed by atoms with Gasteiger partial charge in [0.25, 0.3) is 0 Å². The summed E-state index contributed by atoms with van der Waals surface area (Å²) in [6.07, 6.45) is 0. The first-order valence-corrected chi connectivity index (χ1v) is 21.8. The maximum absolute atomic E-state index is 5.49. The second-order valence-electron chi connectivity index (χ2n) is 16.9. The summed E-state index contributed by atoms with van der Waals surface area (Å²) >= 11 is 1.74. The lowest BCUT2D eigenvalue weighted by atomic mass is 9.80. The second-order valence-corrected chi connectivity index (χ2v) is 17.9. The molecular weight excluding hydrogens is 759 g/mol. The van der Waals surface area contributed by atoms with E-state index in [1.54, 1.807) is 11.3 Å². The van der Waals surface area contributed by atoms with E-state index in [0.717, 1.165) is 43.9 Å². The highest BCUT2D eigenvalue weighted by Crippen LogP contribution is 2.53. The van der Waals surface area contributed by atoms with Crippen LogP contribution in [0.4, 0.5) is 0 Å². The van der Waals surface area contributed by atoms with E-state index < -0.39 is 0 Å². The van der Waals surface area contributed by atoms with Crippen LogP contribution in [0.1, 0.15) is 25.0 Å². The summed E-state index contributed by atoms with van der Waals surface area (Å²) in [5, 5.41) is 9.75. The highest BCUT2D eigenvalue weighted by molar-refractivity contribution is 7.25. The SMILES string of the molecule is CC1(C)c2cc3c(cc2-c2ccc4ccccc4c21)c1ccccc1n3-c1ccc(-c2nc(-c3ccccc3)nc3sc4ccc(-c5ccccc5)cc4c23)c2ccccc12. The maximum Gasteiger partial charge on any atom is 0.161 e. The zero-order chi connectivity index (χ0) is 40.4. The number of rotatable bonds is 4. The van der Waals surface area contributed by atoms with Crippen molar-refractivity contribution in [3.05, 3.63) is 199 Å². The Morgan fingerprint density at radius 2 is 1.15 bits per heavy atom. The largest absolute Gasteiger partial charge is 0.309 e. The van der Waals surface area contributed by atoms with Crippen LogP contribution < -0.4 is 0 Å². The molecule has 3 heterocycles. The monoisotopic (exact) mass is 795 g/mol. The lowest BCUT2D eigenvalue weighted by Gasteiger charge is -2.23. The number of aromatic nitrogens is 3. The number of para-hydroxylation sites is 1. The van der Waals surface area contributed by atoms with Crippen LogP contribution in [0, 0.1) is 0 Å². The summed E-state index contributed by atoms with van der Waals surface area (Å²) in [5.74, 6) is 0.735. The normalized spacial score (nSPS) is 13.2. The van der Waals surface area contributed by atoms with Crippen molar-refractivity contribution >= 4 is 75.0 Å². The molecule has 9 aromatic carbocycles. The van der Waals surface area contributed by atoms with Crippen molar-refractivity contribution in [1.29, 1.82) is 0 Å². The zero-order valence-electron chi connectivity index (χ0n) is 33.6. The second kappa shape index (κ2) is 12.8. The molecule has 12 aromatic rings. The molecule has 4 heteroatoms. The highest BCUT2D eigenvalue weighted by Gasteiger charge is 2.38. The van der Waals surface area contributed by atoms with Gasteiger partial charge in [-0.15, -0.1) is 11.3 Å². The van der Waals surface area contributed by atoms with E-state index in [1.165, 1.54) is 81.4 Å². The van der Waals surface area contributed by atoms with Crippen LogP contribution in [0.5, 0.6) is 0 Å². The Hall–Kier alpha value is -7.40. The molecule has 286 valence electrons. The molecule has 0 saturated carbocycles. The van der Waals surface area contributed by atoms with Crippen LogP contribution in [-0.4, -0.2) is 14.5 Å². The number of hydrogen-bond acceptors (Lipinski definition) is 3. The molecule has 1 aliphatic carbocycles. The predicted octanol–water partition coefficient (Wildman–Crippen LogP) is 15.6. The molecule has 1 aliphatic rings. The molecule has 0 aliphatic heterocycles. The lowest BCUT2D eigenvalue weighted by Crippen LogP contribution is -2.15. The van der Waals surface area contributed by atoms with Crippen molar-refractivity contribution in [2.24, 2.45) is 0 Å². The fourth-order valence-corrected chi connectivity index (χ4v) is 11.5. The van der Waals surface area contributed by atoms with E-state index in [0.29, 0.717) is 0 Å². The fraction of sp³-hybridized carbons (Fsp3) is 0.0526. The summed E-state index contributed by atoms with van der Waals surface area (Å²) in [5.41, 5.74) is 14.3. The standard InChI is InChI=1S/C57H37N3S/c1-57(2)47-33-50-45(32-44(47)42-27-25-35-17-9-10-20-38(35)53(42)57)41-23-13-14-24-48(41)60(50)49-29-28-43(39-21-11-12-22-40(39)49)54-52-46-31-37(34-15-5-3-6-16-34)26-30-51(46)61-56(52)59-55(58-54)36-18-7-4-8-19-36/h3-33H,1-2H3. The van der Waals surface area contributed by atoms with Crippen LogP contribution >= 0.6 is 11.3 Å². The van der Waals surface area contributed by atoms with Crippen molar-refractivity contribution in [2.75, 3.05) is 0 Å². The molecular formula is C57H37N3S. The Labute approximate surface area is 356 Å². The Balaban J connectivity index is 1.07. The topological polar surface area (TPSA) is 30.7 Å². The molecule has 0 spiro atoms. The summed E-state index contributed by atoms with van der Waals surface area (Å²) in [6, 6.07) is 68.7. The fourth-order valence-electron chi connectivity index (χ4n) is 10.4. The van der Waals surface area contributed by atoms with Gasteiger partial charge in [-0.2, -0.15) is 0 Å². The van der Waals surface area contributed by atoms with Gasteiger partial charge in [0.1, 0.15) is 4.83 Å². The third-order valence-corrected chi connectivity index (χ3v) is 14.3. The Morgan fingerprint density at radius 3 is 1.97 bits per heavy atom. The molecule has 0 saturated heterocycles.